The molecule has 2 aromatic rings. The third-order valence-corrected chi connectivity index (χ3v) is 6.05. The number of aryl methyl sites for hydroxylation is 1. The fourth-order valence-corrected chi connectivity index (χ4v) is 4.06. The molecule has 0 saturated carbocycles. The molecular formula is C31H42N4O5. The van der Waals surface area contributed by atoms with E-state index in [1.54, 1.807) is 31.1 Å². The SMILES string of the molecule is COC(=O)[C@H](/C=C/c1ccccc1)NC(=O)C(CC(C)C)NC(=O)[C@H](CCc1ccccc1)NC(=O)CN(C)C. The van der Waals surface area contributed by atoms with Crippen LogP contribution in [0.25, 0.3) is 6.08 Å². The van der Waals surface area contributed by atoms with Crippen LogP contribution in [0.5, 0.6) is 0 Å². The number of methoxy groups -OCH3 is 1. The van der Waals surface area contributed by atoms with Gasteiger partial charge in [-0.25, -0.2) is 4.79 Å². The molecule has 0 aromatic heterocycles. The van der Waals surface area contributed by atoms with Crippen molar-refractivity contribution in [2.24, 2.45) is 5.92 Å². The maximum atomic E-state index is 13.4. The molecule has 2 rings (SSSR count). The first-order valence-electron chi connectivity index (χ1n) is 13.5. The maximum Gasteiger partial charge on any atom is 0.332 e. The van der Waals surface area contributed by atoms with Gasteiger partial charge in [-0.2, -0.15) is 0 Å². The number of hydrogen-bond donors (Lipinski definition) is 3. The Bertz CT molecular complexity index is 1120. The van der Waals surface area contributed by atoms with Crippen molar-refractivity contribution in [3.63, 3.8) is 0 Å². The van der Waals surface area contributed by atoms with E-state index in [2.05, 4.69) is 16.0 Å². The van der Waals surface area contributed by atoms with Gasteiger partial charge in [0.2, 0.25) is 17.7 Å². The molecule has 0 heterocycles. The van der Waals surface area contributed by atoms with Gasteiger partial charge in [0, 0.05) is 0 Å². The van der Waals surface area contributed by atoms with E-state index in [0.717, 1.165) is 11.1 Å². The summed E-state index contributed by atoms with van der Waals surface area (Å²) in [6.45, 7) is 4.00. The van der Waals surface area contributed by atoms with Gasteiger partial charge in [0.05, 0.1) is 13.7 Å². The normalized spacial score (nSPS) is 13.5. The summed E-state index contributed by atoms with van der Waals surface area (Å²) in [6.07, 6.45) is 4.53. The van der Waals surface area contributed by atoms with Crippen molar-refractivity contribution in [1.29, 1.82) is 0 Å². The second-order valence-corrected chi connectivity index (χ2v) is 10.4. The predicted molar refractivity (Wildman–Crippen MR) is 156 cm³/mol. The average Bonchev–Trinajstić information content (AvgIpc) is 2.92. The van der Waals surface area contributed by atoms with Crippen LogP contribution >= 0.6 is 0 Å². The van der Waals surface area contributed by atoms with Crippen LogP contribution in [0.15, 0.2) is 66.7 Å². The summed E-state index contributed by atoms with van der Waals surface area (Å²) in [5.74, 6) is -1.83. The summed E-state index contributed by atoms with van der Waals surface area (Å²) in [5.41, 5.74) is 1.89. The van der Waals surface area contributed by atoms with Crippen molar-refractivity contribution in [2.75, 3.05) is 27.7 Å². The van der Waals surface area contributed by atoms with Crippen molar-refractivity contribution in [3.05, 3.63) is 77.9 Å². The molecule has 216 valence electrons. The summed E-state index contributed by atoms with van der Waals surface area (Å²) < 4.78 is 4.89. The third-order valence-electron chi connectivity index (χ3n) is 6.05. The van der Waals surface area contributed by atoms with Gasteiger partial charge in [-0.1, -0.05) is 86.7 Å². The Labute approximate surface area is 237 Å². The number of nitrogens with one attached hydrogen (secondary N) is 3. The summed E-state index contributed by atoms with van der Waals surface area (Å²) in [4.78, 5) is 53.5. The average molecular weight is 551 g/mol. The largest absolute Gasteiger partial charge is 0.467 e. The smallest absolute Gasteiger partial charge is 0.332 e. The molecule has 1 unspecified atom stereocenters. The third kappa shape index (κ3) is 11.8. The molecular weight excluding hydrogens is 508 g/mol. The van der Waals surface area contributed by atoms with Crippen LogP contribution in [0.3, 0.4) is 0 Å². The van der Waals surface area contributed by atoms with Crippen LogP contribution in [0, 0.1) is 5.92 Å². The molecule has 0 aliphatic carbocycles. The molecule has 3 N–H and O–H groups in total. The van der Waals surface area contributed by atoms with Crippen molar-refractivity contribution < 1.29 is 23.9 Å². The van der Waals surface area contributed by atoms with Gasteiger partial charge in [-0.15, -0.1) is 0 Å². The summed E-state index contributed by atoms with van der Waals surface area (Å²) in [7, 11) is 4.79. The quantitative estimate of drug-likeness (QED) is 0.294. The number of likely N-dealkylation sites (N-methyl/N-ethyl adjacent to an activating group) is 1. The van der Waals surface area contributed by atoms with Gasteiger partial charge in [-0.3, -0.25) is 14.4 Å². The van der Waals surface area contributed by atoms with Crippen LogP contribution in [0.1, 0.15) is 37.8 Å². The summed E-state index contributed by atoms with van der Waals surface area (Å²) >= 11 is 0. The monoisotopic (exact) mass is 550 g/mol. The number of amides is 3. The molecule has 9 nitrogen and oxygen atoms in total. The first-order chi connectivity index (χ1) is 19.1. The molecule has 0 aliphatic rings. The molecule has 3 amide bonds. The van der Waals surface area contributed by atoms with E-state index in [0.29, 0.717) is 19.3 Å². The predicted octanol–water partition coefficient (Wildman–Crippen LogP) is 2.57. The van der Waals surface area contributed by atoms with Crippen LogP contribution in [0.2, 0.25) is 0 Å². The highest BCUT2D eigenvalue weighted by Gasteiger charge is 2.29. The first-order valence-corrected chi connectivity index (χ1v) is 13.5. The van der Waals surface area contributed by atoms with Crippen molar-refractivity contribution in [3.8, 4) is 0 Å². The number of nitrogens with zero attached hydrogens (tertiary/aromatic N) is 1. The molecule has 9 heteroatoms. The zero-order chi connectivity index (χ0) is 29.5. The Hall–Kier alpha value is -3.98. The second-order valence-electron chi connectivity index (χ2n) is 10.4. The summed E-state index contributed by atoms with van der Waals surface area (Å²) in [5, 5.41) is 8.34. The van der Waals surface area contributed by atoms with Gasteiger partial charge in [-0.05, 0) is 50.4 Å². The minimum atomic E-state index is -1.04. The molecule has 0 saturated heterocycles. The van der Waals surface area contributed by atoms with E-state index in [1.165, 1.54) is 7.11 Å². The Morgan fingerprint density at radius 3 is 2.02 bits per heavy atom. The lowest BCUT2D eigenvalue weighted by molar-refractivity contribution is -0.144. The van der Waals surface area contributed by atoms with Crippen molar-refractivity contribution in [1.82, 2.24) is 20.9 Å². The van der Waals surface area contributed by atoms with Crippen LogP contribution in [0.4, 0.5) is 0 Å². The van der Waals surface area contributed by atoms with E-state index in [4.69, 9.17) is 4.74 Å². The molecule has 3 atom stereocenters. The lowest BCUT2D eigenvalue weighted by Crippen LogP contribution is -2.56. The van der Waals surface area contributed by atoms with Crippen LogP contribution < -0.4 is 16.0 Å². The highest BCUT2D eigenvalue weighted by atomic mass is 16.5. The lowest BCUT2D eigenvalue weighted by atomic mass is 10.0. The standard InChI is InChI=1S/C31H42N4O5/c1-22(2)20-27(30(38)33-26(31(39)40-5)19-17-24-14-10-7-11-15-24)34-29(37)25(32-28(36)21-35(3)4)18-16-23-12-8-6-9-13-23/h6-15,17,19,22,25-27H,16,18,20-21H2,1-5H3,(H,32,36)(H,33,38)(H,34,37)/b19-17+/t25-,26-,27?/m0/s1. The number of benzene rings is 2. The number of carbonyl (C=O) groups excluding carboxylic acids is 4. The number of hydrogen-bond acceptors (Lipinski definition) is 6. The molecule has 0 bridgehead atoms. The van der Waals surface area contributed by atoms with Gasteiger partial charge >= 0.3 is 5.97 Å². The molecule has 2 aromatic carbocycles. The Morgan fingerprint density at radius 2 is 1.45 bits per heavy atom. The van der Waals surface area contributed by atoms with Crippen molar-refractivity contribution in [2.45, 2.75) is 51.2 Å². The van der Waals surface area contributed by atoms with Gasteiger partial charge in [0.1, 0.15) is 18.1 Å². The highest BCUT2D eigenvalue weighted by Crippen LogP contribution is 2.10. The highest BCUT2D eigenvalue weighted by molar-refractivity contribution is 5.94. The molecule has 40 heavy (non-hydrogen) atoms. The topological polar surface area (TPSA) is 117 Å². The number of carbonyl (C=O) groups is 4. The van der Waals surface area contributed by atoms with Crippen molar-refractivity contribution >= 4 is 29.8 Å². The fourth-order valence-electron chi connectivity index (χ4n) is 4.06. The first kappa shape index (κ1) is 32.2. The molecule has 0 radical (unpaired) electrons. The van der Waals surface area contributed by atoms with Gasteiger partial charge in [0.25, 0.3) is 0 Å². The van der Waals surface area contributed by atoms with E-state index < -0.39 is 35.9 Å². The Kier molecular flexibility index (Phi) is 13.6. The van der Waals surface area contributed by atoms with Gasteiger partial charge in [0.15, 0.2) is 0 Å². The number of esters is 1. The van der Waals surface area contributed by atoms with E-state index in [9.17, 15) is 19.2 Å². The zero-order valence-corrected chi connectivity index (χ0v) is 24.1. The Morgan fingerprint density at radius 1 is 0.850 bits per heavy atom. The maximum absolute atomic E-state index is 13.4. The van der Waals surface area contributed by atoms with Crippen LogP contribution in [-0.4, -0.2) is 74.5 Å². The lowest BCUT2D eigenvalue weighted by Gasteiger charge is -2.25. The van der Waals surface area contributed by atoms with Crippen LogP contribution in [-0.2, 0) is 30.3 Å². The minimum absolute atomic E-state index is 0.0681. The summed E-state index contributed by atoms with van der Waals surface area (Å²) in [6, 6.07) is 16.2. The number of rotatable bonds is 15. The van der Waals surface area contributed by atoms with E-state index in [1.807, 2.05) is 74.5 Å². The Balaban J connectivity index is 2.19. The van der Waals surface area contributed by atoms with E-state index in [-0.39, 0.29) is 18.4 Å². The number of ether oxygens (including phenoxy) is 1. The molecule has 0 fully saturated rings. The van der Waals surface area contributed by atoms with Gasteiger partial charge < -0.3 is 25.6 Å². The van der Waals surface area contributed by atoms with E-state index >= 15 is 0 Å². The second kappa shape index (κ2) is 16.9. The fraction of sp³-hybridized carbons (Fsp3) is 0.419. The minimum Gasteiger partial charge on any atom is -0.467 e. The molecule has 0 spiro atoms. The zero-order valence-electron chi connectivity index (χ0n) is 24.1. The molecule has 0 aliphatic heterocycles.